The predicted molar refractivity (Wildman–Crippen MR) is 68.4 cm³/mol. The lowest BCUT2D eigenvalue weighted by atomic mass is 10.5. The summed E-state index contributed by atoms with van der Waals surface area (Å²) in [7, 11) is -3.29. The molecule has 9 heteroatoms. The first-order chi connectivity index (χ1) is 8.98. The van der Waals surface area contributed by atoms with E-state index in [1.54, 1.807) is 13.8 Å². The van der Waals surface area contributed by atoms with E-state index in [2.05, 4.69) is 15.0 Å². The third-order valence-electron chi connectivity index (χ3n) is 2.00. The van der Waals surface area contributed by atoms with Crippen LogP contribution in [0.25, 0.3) is 0 Å². The molecule has 1 aromatic rings. The van der Waals surface area contributed by atoms with Crippen molar-refractivity contribution in [2.75, 3.05) is 30.8 Å². The highest BCUT2D eigenvalue weighted by Crippen LogP contribution is 2.08. The van der Waals surface area contributed by atoms with E-state index in [0.29, 0.717) is 6.54 Å². The Morgan fingerprint density at radius 2 is 2.21 bits per heavy atom. The number of hydrogen-bond acceptors (Lipinski definition) is 7. The van der Waals surface area contributed by atoms with Crippen molar-refractivity contribution in [3.8, 4) is 0 Å². The molecule has 0 aliphatic rings. The lowest BCUT2D eigenvalue weighted by Gasteiger charge is -2.04. The van der Waals surface area contributed by atoms with Crippen molar-refractivity contribution < 1.29 is 22.4 Å². The number of anilines is 1. The minimum Gasteiger partial charge on any atom is -0.461 e. The maximum atomic E-state index is 11.3. The molecular weight excluding hydrogens is 274 g/mol. The molecule has 108 valence electrons. The molecule has 0 spiro atoms. The molecule has 0 aromatic carbocycles. The number of ether oxygens (including phenoxy) is 1. The number of hydrogen-bond donors (Lipinski definition) is 2. The molecule has 0 bridgehead atoms. The van der Waals surface area contributed by atoms with Gasteiger partial charge in [-0.1, -0.05) is 6.92 Å². The van der Waals surface area contributed by atoms with Crippen LogP contribution in [0, 0.1) is 0 Å². The van der Waals surface area contributed by atoms with E-state index in [1.807, 2.05) is 0 Å². The van der Waals surface area contributed by atoms with Gasteiger partial charge in [0, 0.05) is 13.1 Å². The van der Waals surface area contributed by atoms with Crippen LogP contribution in [-0.4, -0.2) is 44.8 Å². The van der Waals surface area contributed by atoms with Crippen molar-refractivity contribution in [2.45, 2.75) is 13.8 Å². The van der Waals surface area contributed by atoms with E-state index < -0.39 is 16.0 Å². The molecule has 1 heterocycles. The van der Waals surface area contributed by atoms with E-state index in [-0.39, 0.29) is 30.6 Å². The SMILES string of the molecule is CCNS(=O)(=O)CCNc1nc(C(=O)OCC)co1. The fraction of sp³-hybridized carbons (Fsp3) is 0.600. The number of nitrogens with zero attached hydrogens (tertiary/aromatic N) is 1. The molecule has 0 aliphatic carbocycles. The van der Waals surface area contributed by atoms with Crippen molar-refractivity contribution in [2.24, 2.45) is 0 Å². The Hall–Kier alpha value is -1.61. The molecule has 0 saturated heterocycles. The number of esters is 1. The molecule has 0 amide bonds. The maximum Gasteiger partial charge on any atom is 0.360 e. The Kier molecular flexibility index (Phi) is 5.77. The monoisotopic (exact) mass is 291 g/mol. The summed E-state index contributed by atoms with van der Waals surface area (Å²) < 4.78 is 34.7. The maximum absolute atomic E-state index is 11.3. The summed E-state index contributed by atoms with van der Waals surface area (Å²) in [5.74, 6) is -0.697. The number of oxazole rings is 1. The van der Waals surface area contributed by atoms with Crippen LogP contribution in [0.4, 0.5) is 6.01 Å². The minimum absolute atomic E-state index is 0.0406. The molecule has 0 aliphatic heterocycles. The Labute approximate surface area is 111 Å². The third kappa shape index (κ3) is 5.26. The second-order valence-corrected chi connectivity index (χ2v) is 5.43. The number of sulfonamides is 1. The van der Waals surface area contributed by atoms with Crippen LogP contribution >= 0.6 is 0 Å². The Morgan fingerprint density at radius 3 is 2.84 bits per heavy atom. The molecule has 1 rings (SSSR count). The zero-order valence-electron chi connectivity index (χ0n) is 10.8. The van der Waals surface area contributed by atoms with Crippen LogP contribution in [0.2, 0.25) is 0 Å². The largest absolute Gasteiger partial charge is 0.461 e. The average Bonchev–Trinajstić information content (AvgIpc) is 2.77. The average molecular weight is 291 g/mol. The Bertz CT molecular complexity index is 511. The summed E-state index contributed by atoms with van der Waals surface area (Å²) in [6, 6.07) is 0.0785. The molecular formula is C10H17N3O5S. The molecule has 19 heavy (non-hydrogen) atoms. The first-order valence-corrected chi connectivity index (χ1v) is 7.47. The predicted octanol–water partition coefficient (Wildman–Crippen LogP) is 0.202. The van der Waals surface area contributed by atoms with E-state index in [4.69, 9.17) is 9.15 Å². The zero-order chi connectivity index (χ0) is 14.3. The first-order valence-electron chi connectivity index (χ1n) is 5.82. The minimum atomic E-state index is -3.29. The van der Waals surface area contributed by atoms with Crippen LogP contribution in [0.1, 0.15) is 24.3 Å². The van der Waals surface area contributed by atoms with Gasteiger partial charge in [0.1, 0.15) is 6.26 Å². The van der Waals surface area contributed by atoms with Crippen molar-refractivity contribution in [1.82, 2.24) is 9.71 Å². The number of nitrogens with one attached hydrogen (secondary N) is 2. The number of carbonyl (C=O) groups is 1. The van der Waals surface area contributed by atoms with Gasteiger partial charge in [0.25, 0.3) is 6.01 Å². The van der Waals surface area contributed by atoms with Gasteiger partial charge >= 0.3 is 5.97 Å². The van der Waals surface area contributed by atoms with E-state index in [1.165, 1.54) is 0 Å². The van der Waals surface area contributed by atoms with Crippen molar-refractivity contribution in [3.63, 3.8) is 0 Å². The molecule has 0 radical (unpaired) electrons. The number of carbonyl (C=O) groups excluding carboxylic acids is 1. The van der Waals surface area contributed by atoms with Crippen LogP contribution in [0.3, 0.4) is 0 Å². The van der Waals surface area contributed by atoms with Crippen LogP contribution in [0.5, 0.6) is 0 Å². The molecule has 0 saturated carbocycles. The quantitative estimate of drug-likeness (QED) is 0.658. The molecule has 0 unspecified atom stereocenters. The fourth-order valence-electron chi connectivity index (χ4n) is 1.24. The fourth-order valence-corrected chi connectivity index (χ4v) is 2.19. The smallest absolute Gasteiger partial charge is 0.360 e. The van der Waals surface area contributed by atoms with Crippen molar-refractivity contribution in [3.05, 3.63) is 12.0 Å². The van der Waals surface area contributed by atoms with Crippen LogP contribution in [0.15, 0.2) is 10.7 Å². The van der Waals surface area contributed by atoms with Gasteiger partial charge in [-0.05, 0) is 6.92 Å². The topological polar surface area (TPSA) is 111 Å². The van der Waals surface area contributed by atoms with Gasteiger partial charge in [-0.15, -0.1) is 0 Å². The summed E-state index contributed by atoms with van der Waals surface area (Å²) in [5.41, 5.74) is 0.0406. The normalized spacial score (nSPS) is 11.3. The lowest BCUT2D eigenvalue weighted by Crippen LogP contribution is -2.29. The second kappa shape index (κ2) is 7.10. The molecule has 0 fully saturated rings. The third-order valence-corrected chi connectivity index (χ3v) is 3.47. The number of aromatic nitrogens is 1. The number of rotatable bonds is 8. The molecule has 8 nitrogen and oxygen atoms in total. The van der Waals surface area contributed by atoms with Crippen LogP contribution in [-0.2, 0) is 14.8 Å². The van der Waals surface area contributed by atoms with Gasteiger partial charge in [0.05, 0.1) is 12.4 Å². The lowest BCUT2D eigenvalue weighted by molar-refractivity contribution is 0.0519. The summed E-state index contributed by atoms with van der Waals surface area (Å²) >= 11 is 0. The van der Waals surface area contributed by atoms with Crippen molar-refractivity contribution in [1.29, 1.82) is 0 Å². The molecule has 2 N–H and O–H groups in total. The summed E-state index contributed by atoms with van der Waals surface area (Å²) in [5, 5.41) is 2.67. The molecule has 1 aromatic heterocycles. The van der Waals surface area contributed by atoms with Gasteiger partial charge < -0.3 is 14.5 Å². The van der Waals surface area contributed by atoms with Gasteiger partial charge in [-0.2, -0.15) is 4.98 Å². The summed E-state index contributed by atoms with van der Waals surface area (Å²) in [6.07, 6.45) is 1.15. The summed E-state index contributed by atoms with van der Waals surface area (Å²) in [4.78, 5) is 15.1. The Morgan fingerprint density at radius 1 is 1.47 bits per heavy atom. The van der Waals surface area contributed by atoms with Crippen molar-refractivity contribution >= 4 is 22.0 Å². The van der Waals surface area contributed by atoms with E-state index in [0.717, 1.165) is 6.26 Å². The summed E-state index contributed by atoms with van der Waals surface area (Å²) in [6.45, 7) is 4.09. The van der Waals surface area contributed by atoms with Gasteiger partial charge in [0.2, 0.25) is 10.0 Å². The van der Waals surface area contributed by atoms with Gasteiger partial charge in [-0.3, -0.25) is 0 Å². The first kappa shape index (κ1) is 15.4. The van der Waals surface area contributed by atoms with Gasteiger partial charge in [0.15, 0.2) is 5.69 Å². The van der Waals surface area contributed by atoms with Crippen LogP contribution < -0.4 is 10.0 Å². The standard InChI is InChI=1S/C10H17N3O5S/c1-3-12-19(15,16)6-5-11-10-13-8(7-18-10)9(14)17-4-2/h7,12H,3-6H2,1-2H3,(H,11,13). The highest BCUT2D eigenvalue weighted by atomic mass is 32.2. The molecule has 0 atom stereocenters. The zero-order valence-corrected chi connectivity index (χ0v) is 11.6. The highest BCUT2D eigenvalue weighted by Gasteiger charge is 2.13. The second-order valence-electron chi connectivity index (χ2n) is 3.50. The van der Waals surface area contributed by atoms with E-state index >= 15 is 0 Å². The Balaban J connectivity index is 2.45. The highest BCUT2D eigenvalue weighted by molar-refractivity contribution is 7.89. The van der Waals surface area contributed by atoms with Gasteiger partial charge in [-0.25, -0.2) is 17.9 Å². The van der Waals surface area contributed by atoms with E-state index in [9.17, 15) is 13.2 Å².